The van der Waals surface area contributed by atoms with E-state index in [1.54, 1.807) is 0 Å². The molecule has 2 rings (SSSR count). The fourth-order valence-corrected chi connectivity index (χ4v) is 5.70. The third-order valence-corrected chi connectivity index (χ3v) is 7.41. The Morgan fingerprint density at radius 3 is 1.35 bits per heavy atom. The normalized spacial score (nSPS) is 20.9. The summed E-state index contributed by atoms with van der Waals surface area (Å²) in [4.78, 5) is 0. The van der Waals surface area contributed by atoms with Crippen LogP contribution in [0.25, 0.3) is 0 Å². The number of thioether (sulfide) groups is 1. The van der Waals surface area contributed by atoms with Gasteiger partial charge in [-0.3, -0.25) is 0 Å². The third kappa shape index (κ3) is 10.0. The summed E-state index contributed by atoms with van der Waals surface area (Å²) in [6.45, 7) is 0. The van der Waals surface area contributed by atoms with E-state index in [0.717, 1.165) is 11.8 Å². The summed E-state index contributed by atoms with van der Waals surface area (Å²) in [7, 11) is 0. The lowest BCUT2D eigenvalue weighted by Crippen LogP contribution is -2.05. The Morgan fingerprint density at radius 2 is 0.913 bits per heavy atom. The van der Waals surface area contributed by atoms with Crippen LogP contribution in [0.3, 0.4) is 0 Å². The van der Waals surface area contributed by atoms with Crippen molar-refractivity contribution in [3.8, 4) is 0 Å². The maximum atomic E-state index is 2.23. The zero-order valence-corrected chi connectivity index (χ0v) is 16.5. The second-order valence-corrected chi connectivity index (χ2v) is 9.54. The Balaban J connectivity index is 1.26. The molecule has 0 amide bonds. The van der Waals surface area contributed by atoms with E-state index < -0.39 is 0 Å². The number of unbranched alkanes of at least 4 members (excludes halogenated alkanes) is 4. The van der Waals surface area contributed by atoms with Crippen LogP contribution in [0.1, 0.15) is 116 Å². The van der Waals surface area contributed by atoms with Gasteiger partial charge in [-0.15, -0.1) is 0 Å². The van der Waals surface area contributed by atoms with Gasteiger partial charge in [-0.25, -0.2) is 0 Å². The van der Waals surface area contributed by atoms with Crippen LogP contribution in [0, 0.1) is 11.8 Å². The average molecular weight is 339 g/mol. The van der Waals surface area contributed by atoms with E-state index in [0.29, 0.717) is 0 Å². The van der Waals surface area contributed by atoms with Gasteiger partial charge < -0.3 is 0 Å². The first-order valence-corrected chi connectivity index (χ1v) is 12.2. The van der Waals surface area contributed by atoms with Crippen LogP contribution in [-0.2, 0) is 0 Å². The highest BCUT2D eigenvalue weighted by atomic mass is 32.2. The fourth-order valence-electron chi connectivity index (χ4n) is 4.68. The molecule has 0 aromatic heterocycles. The Morgan fingerprint density at radius 1 is 0.478 bits per heavy atom. The first-order valence-electron chi connectivity index (χ1n) is 11.0. The van der Waals surface area contributed by atoms with Crippen molar-refractivity contribution in [2.75, 3.05) is 11.5 Å². The molecular formula is C22H42S. The van der Waals surface area contributed by atoms with E-state index in [4.69, 9.17) is 0 Å². The van der Waals surface area contributed by atoms with E-state index in [1.165, 1.54) is 127 Å². The predicted octanol–water partition coefficient (Wildman–Crippen LogP) is 8.00. The van der Waals surface area contributed by atoms with Crippen molar-refractivity contribution in [3.05, 3.63) is 0 Å². The van der Waals surface area contributed by atoms with E-state index in [1.807, 2.05) is 0 Å². The van der Waals surface area contributed by atoms with Gasteiger partial charge in [-0.1, -0.05) is 103 Å². The second-order valence-electron chi connectivity index (χ2n) is 8.32. The molecule has 0 radical (unpaired) electrons. The highest BCUT2D eigenvalue weighted by molar-refractivity contribution is 7.99. The lowest BCUT2D eigenvalue weighted by Gasteiger charge is -2.21. The molecule has 0 spiro atoms. The fraction of sp³-hybridized carbons (Fsp3) is 1.00. The molecule has 0 unspecified atom stereocenters. The van der Waals surface area contributed by atoms with Gasteiger partial charge in [-0.05, 0) is 36.2 Å². The molecule has 0 bridgehead atoms. The van der Waals surface area contributed by atoms with Crippen LogP contribution < -0.4 is 0 Å². The zero-order chi connectivity index (χ0) is 16.0. The molecule has 0 heterocycles. The largest absolute Gasteiger partial charge is 0.162 e. The second kappa shape index (κ2) is 13.6. The highest BCUT2D eigenvalue weighted by Crippen LogP contribution is 2.29. The van der Waals surface area contributed by atoms with Crippen LogP contribution in [0.4, 0.5) is 0 Å². The Labute approximate surface area is 151 Å². The Hall–Kier alpha value is 0.350. The molecule has 0 atom stereocenters. The molecule has 2 aliphatic rings. The van der Waals surface area contributed by atoms with Gasteiger partial charge in [-0.2, -0.15) is 11.8 Å². The molecular weight excluding hydrogens is 296 g/mol. The van der Waals surface area contributed by atoms with E-state index in [-0.39, 0.29) is 0 Å². The molecule has 0 N–H and O–H groups in total. The van der Waals surface area contributed by atoms with Crippen LogP contribution in [-0.4, -0.2) is 11.5 Å². The van der Waals surface area contributed by atoms with Crippen molar-refractivity contribution in [2.24, 2.45) is 11.8 Å². The number of hydrogen-bond acceptors (Lipinski definition) is 1. The average Bonchev–Trinajstić information content (AvgIpc) is 2.61. The summed E-state index contributed by atoms with van der Waals surface area (Å²) < 4.78 is 0. The number of rotatable bonds is 12. The first kappa shape index (κ1) is 19.7. The lowest BCUT2D eigenvalue weighted by molar-refractivity contribution is 0.329. The van der Waals surface area contributed by atoms with Gasteiger partial charge in [0.25, 0.3) is 0 Å². The minimum absolute atomic E-state index is 1.10. The summed E-state index contributed by atoms with van der Waals surface area (Å²) in [5.41, 5.74) is 0. The van der Waals surface area contributed by atoms with Gasteiger partial charge >= 0.3 is 0 Å². The maximum absolute atomic E-state index is 2.23. The lowest BCUT2D eigenvalue weighted by atomic mass is 9.86. The quantitative estimate of drug-likeness (QED) is 0.325. The Bertz CT molecular complexity index is 225. The van der Waals surface area contributed by atoms with Crippen molar-refractivity contribution in [2.45, 2.75) is 116 Å². The molecule has 0 aromatic carbocycles. The molecule has 1 heteroatoms. The van der Waals surface area contributed by atoms with Gasteiger partial charge in [0.1, 0.15) is 0 Å². The van der Waals surface area contributed by atoms with E-state index in [9.17, 15) is 0 Å². The van der Waals surface area contributed by atoms with Gasteiger partial charge in [0, 0.05) is 0 Å². The van der Waals surface area contributed by atoms with Gasteiger partial charge in [0.05, 0.1) is 0 Å². The van der Waals surface area contributed by atoms with Crippen molar-refractivity contribution in [1.82, 2.24) is 0 Å². The summed E-state index contributed by atoms with van der Waals surface area (Å²) in [5.74, 6) is 5.04. The minimum atomic E-state index is 1.10. The van der Waals surface area contributed by atoms with Crippen molar-refractivity contribution >= 4 is 11.8 Å². The molecule has 2 aliphatic carbocycles. The smallest absolute Gasteiger partial charge is 0.00675 e. The molecule has 0 aromatic rings. The summed E-state index contributed by atoms with van der Waals surface area (Å²) >= 11 is 2.23. The maximum Gasteiger partial charge on any atom is -0.00675 e. The monoisotopic (exact) mass is 338 g/mol. The van der Waals surface area contributed by atoms with Gasteiger partial charge in [0.2, 0.25) is 0 Å². The predicted molar refractivity (Wildman–Crippen MR) is 107 cm³/mol. The topological polar surface area (TPSA) is 0 Å². The summed E-state index contributed by atoms with van der Waals surface area (Å²) in [5, 5.41) is 0. The highest BCUT2D eigenvalue weighted by Gasteiger charge is 2.13. The molecule has 0 aliphatic heterocycles. The first-order chi connectivity index (χ1) is 11.4. The van der Waals surface area contributed by atoms with Crippen LogP contribution in [0.5, 0.6) is 0 Å². The molecule has 0 nitrogen and oxygen atoms in total. The SMILES string of the molecule is C(CCSCCCCCC1CCCCC1)CCC1CCCCC1. The molecule has 2 saturated carbocycles. The standard InChI is InChI=1S/C22H42S/c1-5-13-21(14-6-1)17-9-3-11-19-23-20-12-4-10-18-22-15-7-2-8-16-22/h21-22H,1-20H2. The molecule has 0 saturated heterocycles. The minimum Gasteiger partial charge on any atom is -0.162 e. The van der Waals surface area contributed by atoms with Crippen molar-refractivity contribution in [3.63, 3.8) is 0 Å². The van der Waals surface area contributed by atoms with Gasteiger partial charge in [0.15, 0.2) is 0 Å². The van der Waals surface area contributed by atoms with Crippen LogP contribution in [0.2, 0.25) is 0 Å². The third-order valence-electron chi connectivity index (χ3n) is 6.25. The Kier molecular flexibility index (Phi) is 11.6. The van der Waals surface area contributed by atoms with Crippen molar-refractivity contribution < 1.29 is 0 Å². The van der Waals surface area contributed by atoms with Crippen LogP contribution >= 0.6 is 11.8 Å². The van der Waals surface area contributed by atoms with E-state index in [2.05, 4.69) is 11.8 Å². The molecule has 2 fully saturated rings. The summed E-state index contributed by atoms with van der Waals surface area (Å²) in [6, 6.07) is 0. The summed E-state index contributed by atoms with van der Waals surface area (Å²) in [6.07, 6.45) is 27.2. The number of hydrogen-bond donors (Lipinski definition) is 0. The molecule has 136 valence electrons. The van der Waals surface area contributed by atoms with Crippen LogP contribution in [0.15, 0.2) is 0 Å². The van der Waals surface area contributed by atoms with E-state index >= 15 is 0 Å². The van der Waals surface area contributed by atoms with Crippen molar-refractivity contribution in [1.29, 1.82) is 0 Å². The zero-order valence-electron chi connectivity index (χ0n) is 15.7. The molecule has 23 heavy (non-hydrogen) atoms.